The third-order valence-corrected chi connectivity index (χ3v) is 5.79. The van der Waals surface area contributed by atoms with Crippen LogP contribution < -0.4 is 0 Å². The monoisotopic (exact) mass is 380 g/mol. The number of rotatable bonds is 3. The first-order valence-corrected chi connectivity index (χ1v) is 8.44. The Balaban J connectivity index is 2.03. The number of carboxylic acid groups (broad SMARTS) is 1. The van der Waals surface area contributed by atoms with Gasteiger partial charge in [-0.2, -0.15) is 0 Å². The fraction of sp³-hybridized carbons (Fsp3) is 0.0714. The van der Waals surface area contributed by atoms with Crippen molar-refractivity contribution in [1.82, 2.24) is 9.97 Å². The number of hydrogen-bond acceptors (Lipinski definition) is 5. The lowest BCUT2D eigenvalue weighted by Crippen LogP contribution is -1.97. The Bertz CT molecular complexity index is 848. The highest BCUT2D eigenvalue weighted by Gasteiger charge is 2.13. The lowest BCUT2D eigenvalue weighted by atomic mass is 10.2. The molecule has 0 saturated heterocycles. The fourth-order valence-electron chi connectivity index (χ4n) is 1.86. The summed E-state index contributed by atoms with van der Waals surface area (Å²) >= 11 is 6.29. The summed E-state index contributed by atoms with van der Waals surface area (Å²) in [6, 6.07) is 5.25. The molecule has 0 aliphatic carbocycles. The Morgan fingerprint density at radius 2 is 2.19 bits per heavy atom. The van der Waals surface area contributed by atoms with E-state index in [1.54, 1.807) is 29.8 Å². The summed E-state index contributed by atoms with van der Waals surface area (Å²) in [5.41, 5.74) is 2.32. The number of carbonyl (C=O) groups is 1. The van der Waals surface area contributed by atoms with Crippen LogP contribution in [-0.4, -0.2) is 21.0 Å². The highest BCUT2D eigenvalue weighted by atomic mass is 79.9. The van der Waals surface area contributed by atoms with Crippen molar-refractivity contribution in [3.8, 4) is 0 Å². The Labute approximate surface area is 137 Å². The van der Waals surface area contributed by atoms with Crippen molar-refractivity contribution in [2.45, 2.75) is 16.8 Å². The average molecular weight is 381 g/mol. The third kappa shape index (κ3) is 2.81. The smallest absolute Gasteiger partial charge is 0.336 e. The van der Waals surface area contributed by atoms with Gasteiger partial charge in [0.2, 0.25) is 0 Å². The second-order valence-corrected chi connectivity index (χ2v) is 7.12. The molecule has 1 aromatic carbocycles. The van der Waals surface area contributed by atoms with Crippen molar-refractivity contribution in [1.29, 1.82) is 0 Å². The zero-order valence-corrected chi connectivity index (χ0v) is 14.1. The minimum atomic E-state index is -0.955. The number of thiophene rings is 1. The van der Waals surface area contributed by atoms with E-state index in [1.807, 2.05) is 18.4 Å². The van der Waals surface area contributed by atoms with E-state index in [4.69, 9.17) is 5.11 Å². The second kappa shape index (κ2) is 5.75. The molecule has 0 unspecified atom stereocenters. The van der Waals surface area contributed by atoms with Gasteiger partial charge in [0.25, 0.3) is 0 Å². The molecule has 0 aliphatic rings. The highest BCUT2D eigenvalue weighted by molar-refractivity contribution is 9.10. The van der Waals surface area contributed by atoms with Gasteiger partial charge in [-0.15, -0.1) is 11.3 Å². The van der Waals surface area contributed by atoms with Gasteiger partial charge >= 0.3 is 5.97 Å². The molecule has 4 nitrogen and oxygen atoms in total. The van der Waals surface area contributed by atoms with Gasteiger partial charge in [-0.3, -0.25) is 0 Å². The number of aromatic nitrogens is 2. The molecule has 2 heterocycles. The molecule has 3 rings (SSSR count). The molecule has 7 heteroatoms. The number of aromatic carboxylic acids is 1. The summed E-state index contributed by atoms with van der Waals surface area (Å²) in [5, 5.41) is 12.1. The van der Waals surface area contributed by atoms with Crippen LogP contribution in [0.15, 0.2) is 44.3 Å². The number of aryl methyl sites for hydroxylation is 1. The van der Waals surface area contributed by atoms with E-state index >= 15 is 0 Å². The van der Waals surface area contributed by atoms with Gasteiger partial charge in [-0.25, -0.2) is 14.8 Å². The minimum absolute atomic E-state index is 0.243. The van der Waals surface area contributed by atoms with Crippen molar-refractivity contribution in [2.75, 3.05) is 0 Å². The number of benzene rings is 1. The zero-order valence-electron chi connectivity index (χ0n) is 10.8. The zero-order chi connectivity index (χ0) is 15.0. The SMILES string of the molecule is Cc1csc2c(Sc3ccc(Br)c(C(=O)O)c3)ncnc12. The van der Waals surface area contributed by atoms with E-state index in [0.717, 1.165) is 25.7 Å². The van der Waals surface area contributed by atoms with Crippen LogP contribution in [-0.2, 0) is 0 Å². The van der Waals surface area contributed by atoms with Crippen LogP contribution in [0.1, 0.15) is 15.9 Å². The van der Waals surface area contributed by atoms with Crippen LogP contribution in [0.25, 0.3) is 10.2 Å². The van der Waals surface area contributed by atoms with Crippen LogP contribution in [0.3, 0.4) is 0 Å². The van der Waals surface area contributed by atoms with Crippen LogP contribution in [0, 0.1) is 6.92 Å². The predicted molar refractivity (Wildman–Crippen MR) is 87.4 cm³/mol. The molecule has 3 aromatic rings. The first-order valence-electron chi connectivity index (χ1n) is 5.96. The lowest BCUT2D eigenvalue weighted by Gasteiger charge is -2.05. The van der Waals surface area contributed by atoms with E-state index in [9.17, 15) is 4.79 Å². The molecule has 0 aliphatic heterocycles. The van der Waals surface area contributed by atoms with Crippen molar-refractivity contribution in [3.63, 3.8) is 0 Å². The molecular formula is C14H9BrN2O2S2. The fourth-order valence-corrected chi connectivity index (χ4v) is 4.26. The number of carboxylic acids is 1. The predicted octanol–water partition coefficient (Wildman–Crippen LogP) is 4.61. The third-order valence-electron chi connectivity index (χ3n) is 2.88. The summed E-state index contributed by atoms with van der Waals surface area (Å²) in [7, 11) is 0. The van der Waals surface area contributed by atoms with E-state index in [1.165, 1.54) is 11.8 Å². The van der Waals surface area contributed by atoms with E-state index in [0.29, 0.717) is 4.47 Å². The number of nitrogens with zero attached hydrogens (tertiary/aromatic N) is 2. The second-order valence-electron chi connectivity index (χ2n) is 4.32. The number of hydrogen-bond donors (Lipinski definition) is 1. The first-order chi connectivity index (χ1) is 10.1. The van der Waals surface area contributed by atoms with Crippen LogP contribution in [0.5, 0.6) is 0 Å². The van der Waals surface area contributed by atoms with Crippen LogP contribution >= 0.6 is 39.0 Å². The van der Waals surface area contributed by atoms with Crippen molar-refractivity contribution in [3.05, 3.63) is 45.5 Å². The van der Waals surface area contributed by atoms with E-state index in [2.05, 4.69) is 25.9 Å². The Morgan fingerprint density at radius 3 is 2.95 bits per heavy atom. The van der Waals surface area contributed by atoms with Crippen molar-refractivity contribution < 1.29 is 9.90 Å². The van der Waals surface area contributed by atoms with Gasteiger partial charge in [0, 0.05) is 9.37 Å². The molecule has 21 heavy (non-hydrogen) atoms. The largest absolute Gasteiger partial charge is 0.478 e. The lowest BCUT2D eigenvalue weighted by molar-refractivity contribution is 0.0695. The van der Waals surface area contributed by atoms with Gasteiger partial charge in [-0.1, -0.05) is 11.8 Å². The van der Waals surface area contributed by atoms with Crippen molar-refractivity contribution >= 4 is 55.2 Å². The molecule has 1 N–H and O–H groups in total. The first kappa shape index (κ1) is 14.5. The molecule has 0 atom stereocenters. The topological polar surface area (TPSA) is 63.1 Å². The van der Waals surface area contributed by atoms with Crippen LogP contribution in [0.2, 0.25) is 0 Å². The molecular weight excluding hydrogens is 372 g/mol. The maximum atomic E-state index is 11.2. The Kier molecular flexibility index (Phi) is 3.97. The Morgan fingerprint density at radius 1 is 1.38 bits per heavy atom. The molecule has 0 radical (unpaired) electrons. The average Bonchev–Trinajstić information content (AvgIpc) is 2.84. The maximum absolute atomic E-state index is 11.2. The normalized spacial score (nSPS) is 11.0. The summed E-state index contributed by atoms with van der Waals surface area (Å²) in [5.74, 6) is -0.955. The minimum Gasteiger partial charge on any atom is -0.478 e. The van der Waals surface area contributed by atoms with Crippen molar-refractivity contribution in [2.24, 2.45) is 0 Å². The molecule has 0 amide bonds. The summed E-state index contributed by atoms with van der Waals surface area (Å²) in [6.45, 7) is 2.02. The number of fused-ring (bicyclic) bond motifs is 1. The van der Waals surface area contributed by atoms with Gasteiger partial charge in [0.15, 0.2) is 0 Å². The van der Waals surface area contributed by atoms with Gasteiger partial charge in [-0.05, 0) is 52.0 Å². The molecule has 0 saturated carbocycles. The summed E-state index contributed by atoms with van der Waals surface area (Å²) < 4.78 is 1.60. The molecule has 2 aromatic heterocycles. The Hall–Kier alpha value is -1.44. The highest BCUT2D eigenvalue weighted by Crippen LogP contribution is 2.36. The molecule has 0 bridgehead atoms. The maximum Gasteiger partial charge on any atom is 0.336 e. The van der Waals surface area contributed by atoms with Gasteiger partial charge < -0.3 is 5.11 Å². The molecule has 0 fully saturated rings. The summed E-state index contributed by atoms with van der Waals surface area (Å²) in [4.78, 5) is 20.6. The molecule has 106 valence electrons. The van der Waals surface area contributed by atoms with E-state index < -0.39 is 5.97 Å². The molecule has 0 spiro atoms. The number of halogens is 1. The summed E-state index contributed by atoms with van der Waals surface area (Å²) in [6.07, 6.45) is 1.54. The van der Waals surface area contributed by atoms with E-state index in [-0.39, 0.29) is 5.56 Å². The van der Waals surface area contributed by atoms with Gasteiger partial charge in [0.1, 0.15) is 11.4 Å². The standard InChI is InChI=1S/C14H9BrN2O2S2/c1-7-5-20-12-11(7)16-6-17-13(12)21-8-2-3-10(15)9(4-8)14(18)19/h2-6H,1H3,(H,18,19). The quantitative estimate of drug-likeness (QED) is 0.672. The van der Waals surface area contributed by atoms with Gasteiger partial charge in [0.05, 0.1) is 15.8 Å². The van der Waals surface area contributed by atoms with Crippen LogP contribution in [0.4, 0.5) is 0 Å².